The van der Waals surface area contributed by atoms with E-state index in [0.717, 1.165) is 56.9 Å². The van der Waals surface area contributed by atoms with Crippen molar-refractivity contribution in [2.24, 2.45) is 11.8 Å². The first kappa shape index (κ1) is 22.8. The highest BCUT2D eigenvalue weighted by atomic mass is 32.1. The zero-order valence-electron chi connectivity index (χ0n) is 18.1. The lowest BCUT2D eigenvalue weighted by Crippen LogP contribution is -2.37. The van der Waals surface area contributed by atoms with Crippen molar-refractivity contribution in [1.29, 1.82) is 0 Å². The van der Waals surface area contributed by atoms with Crippen LogP contribution in [-0.4, -0.2) is 28.9 Å². The van der Waals surface area contributed by atoms with E-state index in [4.69, 9.17) is 5.11 Å². The molecule has 0 saturated heterocycles. The molecule has 30 heavy (non-hydrogen) atoms. The summed E-state index contributed by atoms with van der Waals surface area (Å²) in [7, 11) is 0. The van der Waals surface area contributed by atoms with Crippen LogP contribution in [-0.2, 0) is 22.4 Å². The van der Waals surface area contributed by atoms with Gasteiger partial charge in [-0.2, -0.15) is 0 Å². The van der Waals surface area contributed by atoms with Gasteiger partial charge < -0.3 is 15.7 Å². The lowest BCUT2D eigenvalue weighted by atomic mass is 9.85. The van der Waals surface area contributed by atoms with E-state index >= 15 is 0 Å². The van der Waals surface area contributed by atoms with Crippen molar-refractivity contribution in [2.75, 3.05) is 5.32 Å². The third-order valence-electron chi connectivity index (χ3n) is 6.42. The summed E-state index contributed by atoms with van der Waals surface area (Å²) in [5.74, 6) is -0.810. The number of rotatable bonds is 8. The summed E-state index contributed by atoms with van der Waals surface area (Å²) in [6.07, 6.45) is 9.70. The molecular weight excluding hydrogens is 400 g/mol. The Balaban J connectivity index is 1.78. The van der Waals surface area contributed by atoms with E-state index in [0.29, 0.717) is 16.5 Å². The van der Waals surface area contributed by atoms with Crippen LogP contribution in [0.1, 0.15) is 92.4 Å². The highest BCUT2D eigenvalue weighted by Gasteiger charge is 2.30. The Kier molecular flexibility index (Phi) is 7.92. The Bertz CT molecular complexity index is 782. The number of amides is 2. The first-order valence-corrected chi connectivity index (χ1v) is 12.2. The van der Waals surface area contributed by atoms with Crippen molar-refractivity contribution >= 4 is 34.1 Å². The Labute approximate surface area is 182 Å². The van der Waals surface area contributed by atoms with Gasteiger partial charge in [-0.3, -0.25) is 14.4 Å². The van der Waals surface area contributed by atoms with E-state index in [-0.39, 0.29) is 36.6 Å². The minimum Gasteiger partial charge on any atom is -0.481 e. The van der Waals surface area contributed by atoms with Gasteiger partial charge in [-0.1, -0.05) is 39.5 Å². The van der Waals surface area contributed by atoms with Gasteiger partial charge in [0.15, 0.2) is 0 Å². The number of hydrogen-bond donors (Lipinski definition) is 3. The molecule has 3 rings (SSSR count). The number of fused-ring (bicyclic) bond motifs is 1. The van der Waals surface area contributed by atoms with E-state index in [1.165, 1.54) is 22.6 Å². The van der Waals surface area contributed by atoms with Gasteiger partial charge in [0.1, 0.15) is 5.00 Å². The molecule has 2 atom stereocenters. The number of aliphatic carboxylic acids is 1. The van der Waals surface area contributed by atoms with Crippen molar-refractivity contribution in [1.82, 2.24) is 5.32 Å². The minimum absolute atomic E-state index is 0.0401. The number of carbonyl (C=O) groups is 3. The van der Waals surface area contributed by atoms with Crippen LogP contribution >= 0.6 is 11.3 Å². The van der Waals surface area contributed by atoms with Crippen LogP contribution in [0.25, 0.3) is 0 Å². The monoisotopic (exact) mass is 434 g/mol. The Morgan fingerprint density at radius 3 is 2.53 bits per heavy atom. The average molecular weight is 435 g/mol. The number of carboxylic acids is 1. The molecule has 0 aromatic carbocycles. The Morgan fingerprint density at radius 1 is 1.13 bits per heavy atom. The largest absolute Gasteiger partial charge is 0.481 e. The lowest BCUT2D eigenvalue weighted by molar-refractivity contribution is -0.138. The number of anilines is 1. The molecular formula is C23H34N2O4S. The van der Waals surface area contributed by atoms with Gasteiger partial charge in [0, 0.05) is 23.8 Å². The third kappa shape index (κ3) is 5.84. The molecule has 166 valence electrons. The van der Waals surface area contributed by atoms with Crippen LogP contribution in [0.4, 0.5) is 5.00 Å². The Hall–Kier alpha value is -1.89. The van der Waals surface area contributed by atoms with E-state index in [1.807, 2.05) is 0 Å². The summed E-state index contributed by atoms with van der Waals surface area (Å²) in [6, 6.07) is 0.216. The maximum Gasteiger partial charge on any atom is 0.303 e. The van der Waals surface area contributed by atoms with Crippen molar-refractivity contribution in [3.05, 3.63) is 16.0 Å². The highest BCUT2D eigenvalue weighted by Crippen LogP contribution is 2.40. The smallest absolute Gasteiger partial charge is 0.303 e. The molecule has 0 spiro atoms. The second-order valence-corrected chi connectivity index (χ2v) is 10.1. The standard InChI is InChI=1S/C23H34N2O4S/c1-3-15-9-10-17-18(13-15)30-23(25-19(26)11-14(2)12-20(27)28)21(17)22(29)24-16-7-5-4-6-8-16/h14-16H,3-13H2,1-2H3,(H,24,29)(H,25,26)(H,27,28)/t14-,15-/m1/s1. The fourth-order valence-electron chi connectivity index (χ4n) is 4.70. The van der Waals surface area contributed by atoms with Crippen LogP contribution in [0.15, 0.2) is 0 Å². The normalized spacial score (nSPS) is 20.3. The minimum atomic E-state index is -0.903. The summed E-state index contributed by atoms with van der Waals surface area (Å²) in [5, 5.41) is 15.7. The molecule has 0 bridgehead atoms. The molecule has 0 aliphatic heterocycles. The quantitative estimate of drug-likeness (QED) is 0.549. The number of carbonyl (C=O) groups excluding carboxylic acids is 2. The maximum atomic E-state index is 13.2. The second-order valence-electron chi connectivity index (χ2n) is 8.99. The average Bonchev–Trinajstić information content (AvgIpc) is 3.04. The van der Waals surface area contributed by atoms with Gasteiger partial charge in [-0.25, -0.2) is 0 Å². The van der Waals surface area contributed by atoms with Crippen LogP contribution in [0.2, 0.25) is 0 Å². The fourth-order valence-corrected chi connectivity index (χ4v) is 6.08. The molecule has 2 aliphatic carbocycles. The molecule has 3 N–H and O–H groups in total. The maximum absolute atomic E-state index is 13.2. The molecule has 1 saturated carbocycles. The summed E-state index contributed by atoms with van der Waals surface area (Å²) in [5.41, 5.74) is 1.75. The second kappa shape index (κ2) is 10.4. The summed E-state index contributed by atoms with van der Waals surface area (Å²) >= 11 is 1.53. The van der Waals surface area contributed by atoms with Crippen molar-refractivity contribution < 1.29 is 19.5 Å². The molecule has 1 fully saturated rings. The number of hydrogen-bond acceptors (Lipinski definition) is 4. The van der Waals surface area contributed by atoms with Gasteiger partial charge in [0.05, 0.1) is 5.56 Å². The first-order chi connectivity index (χ1) is 14.4. The SMILES string of the molecule is CC[C@@H]1CCc2c(sc(NC(=O)C[C@@H](C)CC(=O)O)c2C(=O)NC2CCCCC2)C1. The van der Waals surface area contributed by atoms with Gasteiger partial charge in [-0.05, 0) is 49.5 Å². The molecule has 6 nitrogen and oxygen atoms in total. The van der Waals surface area contributed by atoms with Gasteiger partial charge >= 0.3 is 5.97 Å². The summed E-state index contributed by atoms with van der Waals surface area (Å²) < 4.78 is 0. The van der Waals surface area contributed by atoms with Crippen LogP contribution in [0.3, 0.4) is 0 Å². The molecule has 0 radical (unpaired) electrons. The molecule has 1 aromatic rings. The van der Waals surface area contributed by atoms with Crippen molar-refractivity contribution in [3.8, 4) is 0 Å². The zero-order chi connectivity index (χ0) is 21.7. The van der Waals surface area contributed by atoms with Gasteiger partial charge in [0.2, 0.25) is 5.91 Å². The van der Waals surface area contributed by atoms with E-state index in [1.54, 1.807) is 6.92 Å². The fraction of sp³-hybridized carbons (Fsp3) is 0.696. The molecule has 1 aromatic heterocycles. The van der Waals surface area contributed by atoms with Crippen LogP contribution < -0.4 is 10.6 Å². The molecule has 2 amide bonds. The van der Waals surface area contributed by atoms with Crippen LogP contribution in [0, 0.1) is 11.8 Å². The Morgan fingerprint density at radius 2 is 1.87 bits per heavy atom. The number of carboxylic acid groups (broad SMARTS) is 1. The summed E-state index contributed by atoms with van der Waals surface area (Å²) in [6.45, 7) is 3.96. The predicted molar refractivity (Wildman–Crippen MR) is 119 cm³/mol. The molecule has 0 unspecified atom stereocenters. The van der Waals surface area contributed by atoms with Crippen LogP contribution in [0.5, 0.6) is 0 Å². The van der Waals surface area contributed by atoms with Gasteiger partial charge in [-0.15, -0.1) is 11.3 Å². The van der Waals surface area contributed by atoms with Crippen molar-refractivity contribution in [2.45, 2.75) is 90.5 Å². The van der Waals surface area contributed by atoms with Gasteiger partial charge in [0.25, 0.3) is 5.91 Å². The first-order valence-electron chi connectivity index (χ1n) is 11.3. The third-order valence-corrected chi connectivity index (χ3v) is 7.59. The predicted octanol–water partition coefficient (Wildman–Crippen LogP) is 4.76. The van der Waals surface area contributed by atoms with E-state index in [2.05, 4.69) is 17.6 Å². The summed E-state index contributed by atoms with van der Waals surface area (Å²) in [4.78, 5) is 37.9. The van der Waals surface area contributed by atoms with E-state index in [9.17, 15) is 14.4 Å². The molecule has 7 heteroatoms. The van der Waals surface area contributed by atoms with E-state index < -0.39 is 5.97 Å². The molecule has 2 aliphatic rings. The highest BCUT2D eigenvalue weighted by molar-refractivity contribution is 7.17. The topological polar surface area (TPSA) is 95.5 Å². The van der Waals surface area contributed by atoms with Crippen molar-refractivity contribution in [3.63, 3.8) is 0 Å². The number of thiophene rings is 1. The molecule has 1 heterocycles. The lowest BCUT2D eigenvalue weighted by Gasteiger charge is -2.24. The number of nitrogens with one attached hydrogen (secondary N) is 2. The zero-order valence-corrected chi connectivity index (χ0v) is 18.9.